The van der Waals surface area contributed by atoms with Crippen LogP contribution in [0, 0.1) is 10.1 Å². The summed E-state index contributed by atoms with van der Waals surface area (Å²) in [5.41, 5.74) is 3.45. The molecule has 8 nitrogen and oxygen atoms in total. The average Bonchev–Trinajstić information content (AvgIpc) is 3.28. The molecule has 2 heterocycles. The fourth-order valence-electron chi connectivity index (χ4n) is 3.49. The molecule has 3 aromatic rings. The first-order valence-electron chi connectivity index (χ1n) is 9.47. The fourth-order valence-corrected chi connectivity index (χ4v) is 3.49. The Morgan fingerprint density at radius 2 is 1.90 bits per heavy atom. The molecule has 2 aromatic carbocycles. The largest absolute Gasteiger partial charge is 0.459 e. The van der Waals surface area contributed by atoms with E-state index in [0.29, 0.717) is 30.1 Å². The Morgan fingerprint density at radius 1 is 1.10 bits per heavy atom. The Kier molecular flexibility index (Phi) is 5.30. The lowest BCUT2D eigenvalue weighted by Crippen LogP contribution is -2.35. The highest BCUT2D eigenvalue weighted by molar-refractivity contribution is 5.93. The first kappa shape index (κ1) is 19.4. The smallest absolute Gasteiger partial charge is 0.289 e. The maximum atomic E-state index is 12.5. The summed E-state index contributed by atoms with van der Waals surface area (Å²) in [5, 5.41) is 13.6. The minimum atomic E-state index is -0.475. The zero-order valence-electron chi connectivity index (χ0n) is 16.0. The summed E-state index contributed by atoms with van der Waals surface area (Å²) in [5.74, 6) is -0.0626. The summed E-state index contributed by atoms with van der Waals surface area (Å²) >= 11 is 0. The normalized spacial score (nSPS) is 12.9. The van der Waals surface area contributed by atoms with Crippen LogP contribution in [-0.4, -0.2) is 28.2 Å². The van der Waals surface area contributed by atoms with Gasteiger partial charge in [-0.25, -0.2) is 0 Å². The molecule has 0 saturated carbocycles. The highest BCUT2D eigenvalue weighted by Crippen LogP contribution is 2.24. The third-order valence-electron chi connectivity index (χ3n) is 5.03. The third-order valence-corrected chi connectivity index (χ3v) is 5.03. The first-order chi connectivity index (χ1) is 14.5. The van der Waals surface area contributed by atoms with Crippen molar-refractivity contribution >= 4 is 23.2 Å². The summed E-state index contributed by atoms with van der Waals surface area (Å²) in [6.45, 7) is 1.05. The highest BCUT2D eigenvalue weighted by atomic mass is 16.6. The number of amides is 2. The molecular weight excluding hydrogens is 386 g/mol. The first-order valence-corrected chi connectivity index (χ1v) is 9.47. The van der Waals surface area contributed by atoms with E-state index in [4.69, 9.17) is 4.42 Å². The van der Waals surface area contributed by atoms with Gasteiger partial charge in [0.05, 0.1) is 17.6 Å². The second-order valence-corrected chi connectivity index (χ2v) is 7.09. The lowest BCUT2D eigenvalue weighted by Gasteiger charge is -2.28. The lowest BCUT2D eigenvalue weighted by molar-refractivity contribution is -0.384. The number of nitro benzene ring substituents is 1. The van der Waals surface area contributed by atoms with Crippen molar-refractivity contribution in [2.45, 2.75) is 19.4 Å². The molecule has 0 unspecified atom stereocenters. The Balaban J connectivity index is 1.41. The maximum absolute atomic E-state index is 12.5. The van der Waals surface area contributed by atoms with E-state index in [2.05, 4.69) is 5.32 Å². The number of hydrogen-bond acceptors (Lipinski definition) is 5. The number of anilines is 1. The third kappa shape index (κ3) is 4.22. The van der Waals surface area contributed by atoms with Crippen LogP contribution >= 0.6 is 0 Å². The van der Waals surface area contributed by atoms with Gasteiger partial charge in [-0.2, -0.15) is 0 Å². The van der Waals surface area contributed by atoms with Crippen LogP contribution in [0.4, 0.5) is 11.4 Å². The monoisotopic (exact) mass is 405 g/mol. The van der Waals surface area contributed by atoms with Gasteiger partial charge in [-0.05, 0) is 47.4 Å². The molecule has 0 fully saturated rings. The van der Waals surface area contributed by atoms with Crippen molar-refractivity contribution in [3.63, 3.8) is 0 Å². The molecule has 0 atom stereocenters. The summed E-state index contributed by atoms with van der Waals surface area (Å²) in [7, 11) is 0. The number of carbonyl (C=O) groups excluding carboxylic acids is 2. The number of hydrogen-bond donors (Lipinski definition) is 1. The van der Waals surface area contributed by atoms with Crippen LogP contribution in [0.25, 0.3) is 0 Å². The molecule has 0 bridgehead atoms. The summed E-state index contributed by atoms with van der Waals surface area (Å²) in [6.07, 6.45) is 2.32. The van der Waals surface area contributed by atoms with Crippen LogP contribution in [0.5, 0.6) is 0 Å². The summed E-state index contributed by atoms with van der Waals surface area (Å²) in [6, 6.07) is 14.9. The number of benzene rings is 2. The predicted molar refractivity (Wildman–Crippen MR) is 109 cm³/mol. The second kappa shape index (κ2) is 8.20. The molecule has 30 heavy (non-hydrogen) atoms. The van der Waals surface area contributed by atoms with Crippen molar-refractivity contribution in [2.24, 2.45) is 0 Å². The van der Waals surface area contributed by atoms with E-state index in [-0.39, 0.29) is 23.9 Å². The van der Waals surface area contributed by atoms with Crippen molar-refractivity contribution < 1.29 is 18.9 Å². The number of furan rings is 1. The Labute approximate surface area is 172 Å². The van der Waals surface area contributed by atoms with Gasteiger partial charge in [-0.1, -0.05) is 18.2 Å². The topological polar surface area (TPSA) is 106 Å². The standard InChI is InChI=1S/C22H19N3O5/c26-21(12-15-3-7-19(8-4-15)25(28)29)23-18-6-5-16-9-10-24(14-17(16)13-18)22(27)20-2-1-11-30-20/h1-8,11,13H,9-10,12,14H2,(H,23,26). The van der Waals surface area contributed by atoms with Crippen LogP contribution in [-0.2, 0) is 24.2 Å². The number of carbonyl (C=O) groups is 2. The van der Waals surface area contributed by atoms with Crippen LogP contribution in [0.3, 0.4) is 0 Å². The van der Waals surface area contributed by atoms with Gasteiger partial charge < -0.3 is 14.6 Å². The quantitative estimate of drug-likeness (QED) is 0.516. The average molecular weight is 405 g/mol. The SMILES string of the molecule is O=C(Cc1ccc([N+](=O)[O-])cc1)Nc1ccc2c(c1)CN(C(=O)c1ccco1)CC2. The molecule has 8 heteroatoms. The predicted octanol–water partition coefficient (Wildman–Crippen LogP) is 3.57. The molecule has 1 aromatic heterocycles. The van der Waals surface area contributed by atoms with Crippen LogP contribution in [0.15, 0.2) is 65.3 Å². The van der Waals surface area contributed by atoms with Crippen molar-refractivity contribution in [3.8, 4) is 0 Å². The van der Waals surface area contributed by atoms with Crippen molar-refractivity contribution in [1.29, 1.82) is 0 Å². The Morgan fingerprint density at radius 3 is 2.60 bits per heavy atom. The van der Waals surface area contributed by atoms with E-state index in [1.807, 2.05) is 18.2 Å². The minimum Gasteiger partial charge on any atom is -0.459 e. The van der Waals surface area contributed by atoms with E-state index in [9.17, 15) is 19.7 Å². The number of nitrogens with one attached hydrogen (secondary N) is 1. The zero-order chi connectivity index (χ0) is 21.1. The molecule has 0 aliphatic carbocycles. The molecule has 2 amide bonds. The molecule has 1 aliphatic heterocycles. The highest BCUT2D eigenvalue weighted by Gasteiger charge is 2.23. The van der Waals surface area contributed by atoms with Gasteiger partial charge >= 0.3 is 0 Å². The van der Waals surface area contributed by atoms with Gasteiger partial charge in [0.25, 0.3) is 11.6 Å². The summed E-state index contributed by atoms with van der Waals surface area (Å²) in [4.78, 5) is 36.9. The second-order valence-electron chi connectivity index (χ2n) is 7.09. The summed E-state index contributed by atoms with van der Waals surface area (Å²) < 4.78 is 5.20. The number of fused-ring (bicyclic) bond motifs is 1. The van der Waals surface area contributed by atoms with Crippen LogP contribution in [0.2, 0.25) is 0 Å². The van der Waals surface area contributed by atoms with Crippen molar-refractivity contribution in [2.75, 3.05) is 11.9 Å². The van der Waals surface area contributed by atoms with Crippen LogP contribution in [0.1, 0.15) is 27.2 Å². The molecule has 0 spiro atoms. The minimum absolute atomic E-state index is 0.0116. The van der Waals surface area contributed by atoms with E-state index in [1.165, 1.54) is 18.4 Å². The number of nitrogens with zero attached hydrogens (tertiary/aromatic N) is 2. The molecule has 0 radical (unpaired) electrons. The fraction of sp³-hybridized carbons (Fsp3) is 0.182. The molecule has 152 valence electrons. The Bertz CT molecular complexity index is 1090. The van der Waals surface area contributed by atoms with Crippen LogP contribution < -0.4 is 5.32 Å². The van der Waals surface area contributed by atoms with E-state index < -0.39 is 4.92 Å². The van der Waals surface area contributed by atoms with E-state index >= 15 is 0 Å². The van der Waals surface area contributed by atoms with Gasteiger partial charge in [0.2, 0.25) is 5.91 Å². The van der Waals surface area contributed by atoms with E-state index in [0.717, 1.165) is 17.5 Å². The number of nitro groups is 1. The van der Waals surface area contributed by atoms with Gasteiger partial charge in [0.15, 0.2) is 5.76 Å². The van der Waals surface area contributed by atoms with Crippen molar-refractivity contribution in [1.82, 2.24) is 4.90 Å². The molecular formula is C22H19N3O5. The Hall–Kier alpha value is -3.94. The van der Waals surface area contributed by atoms with E-state index in [1.54, 1.807) is 29.2 Å². The van der Waals surface area contributed by atoms with Crippen molar-refractivity contribution in [3.05, 3.63) is 93.4 Å². The van der Waals surface area contributed by atoms with Gasteiger partial charge in [0.1, 0.15) is 0 Å². The lowest BCUT2D eigenvalue weighted by atomic mass is 9.98. The molecule has 1 N–H and O–H groups in total. The maximum Gasteiger partial charge on any atom is 0.289 e. The number of non-ortho nitro benzene ring substituents is 1. The molecule has 4 rings (SSSR count). The van der Waals surface area contributed by atoms with Gasteiger partial charge in [0, 0.05) is 30.9 Å². The molecule has 0 saturated heterocycles. The van der Waals surface area contributed by atoms with Gasteiger partial charge in [-0.3, -0.25) is 19.7 Å². The van der Waals surface area contributed by atoms with Gasteiger partial charge in [-0.15, -0.1) is 0 Å². The molecule has 1 aliphatic rings. The number of rotatable bonds is 5. The zero-order valence-corrected chi connectivity index (χ0v) is 16.0.